The van der Waals surface area contributed by atoms with E-state index in [9.17, 15) is 0 Å². The summed E-state index contributed by atoms with van der Waals surface area (Å²) in [6, 6.07) is 8.50. The van der Waals surface area contributed by atoms with Crippen molar-refractivity contribution in [1.82, 2.24) is 0 Å². The number of hydrogen-bond acceptors (Lipinski definition) is 3. The number of ether oxygens (including phenoxy) is 1. The zero-order valence-corrected chi connectivity index (χ0v) is 11.3. The Bertz CT molecular complexity index is 344. The maximum atomic E-state index is 5.64. The fourth-order valence-corrected chi connectivity index (χ4v) is 2.44. The molecule has 1 aliphatic rings. The van der Waals surface area contributed by atoms with Crippen molar-refractivity contribution in [2.24, 2.45) is 5.73 Å². The number of hydrogen-bond donors (Lipinski definition) is 1. The Balaban J connectivity index is 1.74. The fraction of sp³-hybridized carbons (Fsp3) is 0.600. The molecule has 2 N–H and O–H groups in total. The van der Waals surface area contributed by atoms with Gasteiger partial charge in [0, 0.05) is 32.4 Å². The van der Waals surface area contributed by atoms with Crippen molar-refractivity contribution < 1.29 is 4.74 Å². The van der Waals surface area contributed by atoms with Crippen LogP contribution in [-0.2, 0) is 11.3 Å². The van der Waals surface area contributed by atoms with Gasteiger partial charge in [-0.2, -0.15) is 0 Å². The average molecular weight is 248 g/mol. The van der Waals surface area contributed by atoms with Crippen LogP contribution in [0.15, 0.2) is 24.3 Å². The van der Waals surface area contributed by atoms with Gasteiger partial charge in [-0.3, -0.25) is 0 Å². The molecule has 1 unspecified atom stereocenters. The molecule has 1 aliphatic heterocycles. The van der Waals surface area contributed by atoms with Crippen LogP contribution in [0.4, 0.5) is 5.69 Å². The Morgan fingerprint density at radius 3 is 2.72 bits per heavy atom. The van der Waals surface area contributed by atoms with Crippen molar-refractivity contribution in [1.29, 1.82) is 0 Å². The first-order valence-electron chi connectivity index (χ1n) is 6.91. The van der Waals surface area contributed by atoms with Crippen molar-refractivity contribution in [2.75, 3.05) is 25.1 Å². The molecule has 18 heavy (non-hydrogen) atoms. The lowest BCUT2D eigenvalue weighted by atomic mass is 10.1. The first-order valence-corrected chi connectivity index (χ1v) is 6.91. The minimum atomic E-state index is 0.512. The molecule has 0 aliphatic carbocycles. The first kappa shape index (κ1) is 13.4. The summed E-state index contributed by atoms with van der Waals surface area (Å²) >= 11 is 0. The third-order valence-corrected chi connectivity index (χ3v) is 3.66. The summed E-state index contributed by atoms with van der Waals surface area (Å²) in [5, 5.41) is 0. The molecule has 0 radical (unpaired) electrons. The topological polar surface area (TPSA) is 38.5 Å². The second-order valence-corrected chi connectivity index (χ2v) is 5.07. The van der Waals surface area contributed by atoms with Gasteiger partial charge in [-0.1, -0.05) is 12.1 Å². The zero-order chi connectivity index (χ0) is 12.8. The molecular weight excluding hydrogens is 224 g/mol. The number of nitrogens with zero attached hydrogens (tertiary/aromatic N) is 1. The first-order chi connectivity index (χ1) is 8.79. The Labute approximate surface area is 110 Å². The number of anilines is 1. The molecule has 1 heterocycles. The molecule has 1 aromatic rings. The van der Waals surface area contributed by atoms with E-state index < -0.39 is 0 Å². The van der Waals surface area contributed by atoms with E-state index in [0.717, 1.165) is 13.2 Å². The van der Waals surface area contributed by atoms with Crippen LogP contribution in [0, 0.1) is 0 Å². The van der Waals surface area contributed by atoms with Crippen molar-refractivity contribution >= 4 is 5.69 Å². The van der Waals surface area contributed by atoms with E-state index in [4.69, 9.17) is 10.5 Å². The highest BCUT2D eigenvalue weighted by Gasteiger charge is 2.14. The molecule has 1 aromatic carbocycles. The molecule has 1 saturated heterocycles. The minimum absolute atomic E-state index is 0.512. The third kappa shape index (κ3) is 3.72. The van der Waals surface area contributed by atoms with Gasteiger partial charge in [-0.05, 0) is 43.4 Å². The predicted octanol–water partition coefficient (Wildman–Crippen LogP) is 2.54. The summed E-state index contributed by atoms with van der Waals surface area (Å²) in [7, 11) is 2.15. The average Bonchev–Trinajstić information content (AvgIpc) is 2.92. The molecule has 3 nitrogen and oxygen atoms in total. The van der Waals surface area contributed by atoms with Gasteiger partial charge in [-0.15, -0.1) is 0 Å². The van der Waals surface area contributed by atoms with E-state index in [-0.39, 0.29) is 0 Å². The van der Waals surface area contributed by atoms with Crippen LogP contribution in [0.25, 0.3) is 0 Å². The number of nitrogens with two attached hydrogens (primary N) is 1. The molecule has 3 heteroatoms. The molecule has 100 valence electrons. The molecule has 0 saturated carbocycles. The smallest absolute Gasteiger partial charge is 0.0576 e. The highest BCUT2D eigenvalue weighted by Crippen LogP contribution is 2.18. The summed E-state index contributed by atoms with van der Waals surface area (Å²) in [6.07, 6.45) is 5.37. The lowest BCUT2D eigenvalue weighted by Gasteiger charge is -2.20. The van der Waals surface area contributed by atoms with E-state index in [1.54, 1.807) is 0 Å². The van der Waals surface area contributed by atoms with Crippen LogP contribution < -0.4 is 10.6 Å². The monoisotopic (exact) mass is 248 g/mol. The molecule has 0 bridgehead atoms. The van der Waals surface area contributed by atoms with Gasteiger partial charge in [0.25, 0.3) is 0 Å². The maximum absolute atomic E-state index is 5.64. The van der Waals surface area contributed by atoms with Gasteiger partial charge in [0.05, 0.1) is 6.10 Å². The lowest BCUT2D eigenvalue weighted by Crippen LogP contribution is -2.20. The predicted molar refractivity (Wildman–Crippen MR) is 75.8 cm³/mol. The number of rotatable bonds is 6. The Kier molecular flexibility index (Phi) is 5.02. The zero-order valence-electron chi connectivity index (χ0n) is 11.3. The van der Waals surface area contributed by atoms with Crippen molar-refractivity contribution in [2.45, 2.75) is 38.3 Å². The van der Waals surface area contributed by atoms with Gasteiger partial charge in [-0.25, -0.2) is 0 Å². The van der Waals surface area contributed by atoms with Crippen LogP contribution >= 0.6 is 0 Å². The SMILES string of the molecule is CN(CCCC1CCCO1)c1ccc(CN)cc1. The van der Waals surface area contributed by atoms with Gasteiger partial charge in [0.1, 0.15) is 0 Å². The second-order valence-electron chi connectivity index (χ2n) is 5.07. The molecule has 1 fully saturated rings. The second kappa shape index (κ2) is 6.76. The molecule has 1 atom stereocenters. The van der Waals surface area contributed by atoms with Gasteiger partial charge in [0.2, 0.25) is 0 Å². The van der Waals surface area contributed by atoms with Gasteiger partial charge >= 0.3 is 0 Å². The largest absolute Gasteiger partial charge is 0.378 e. The Hall–Kier alpha value is -1.06. The fourth-order valence-electron chi connectivity index (χ4n) is 2.44. The van der Waals surface area contributed by atoms with Crippen LogP contribution in [0.3, 0.4) is 0 Å². The standard InChI is InChI=1S/C15H24N2O/c1-17(10-2-4-15-5-3-11-18-15)14-8-6-13(12-16)7-9-14/h6-9,15H,2-5,10-12,16H2,1H3. The summed E-state index contributed by atoms with van der Waals surface area (Å²) in [4.78, 5) is 2.30. The number of benzene rings is 1. The third-order valence-electron chi connectivity index (χ3n) is 3.66. The van der Waals surface area contributed by atoms with E-state index in [2.05, 4.69) is 36.2 Å². The summed E-state index contributed by atoms with van der Waals surface area (Å²) in [5.74, 6) is 0. The molecule has 0 spiro atoms. The van der Waals surface area contributed by atoms with Crippen molar-refractivity contribution in [3.63, 3.8) is 0 Å². The van der Waals surface area contributed by atoms with E-state index in [0.29, 0.717) is 12.6 Å². The summed E-state index contributed by atoms with van der Waals surface area (Å²) in [6.45, 7) is 2.66. The molecule has 0 aromatic heterocycles. The normalized spacial score (nSPS) is 19.1. The van der Waals surface area contributed by atoms with E-state index in [1.165, 1.54) is 36.9 Å². The maximum Gasteiger partial charge on any atom is 0.0576 e. The van der Waals surface area contributed by atoms with Gasteiger partial charge in [0.15, 0.2) is 0 Å². The molecular formula is C15H24N2O. The summed E-state index contributed by atoms with van der Waals surface area (Å²) in [5.41, 5.74) is 8.05. The van der Waals surface area contributed by atoms with Crippen LogP contribution in [0.1, 0.15) is 31.2 Å². The van der Waals surface area contributed by atoms with Crippen molar-refractivity contribution in [3.05, 3.63) is 29.8 Å². The highest BCUT2D eigenvalue weighted by atomic mass is 16.5. The quantitative estimate of drug-likeness (QED) is 0.841. The van der Waals surface area contributed by atoms with Crippen LogP contribution in [-0.4, -0.2) is 26.3 Å². The Morgan fingerprint density at radius 1 is 1.33 bits per heavy atom. The molecule has 0 amide bonds. The Morgan fingerprint density at radius 2 is 2.11 bits per heavy atom. The summed E-state index contributed by atoms with van der Waals surface area (Å²) < 4.78 is 5.64. The van der Waals surface area contributed by atoms with E-state index in [1.807, 2.05) is 0 Å². The minimum Gasteiger partial charge on any atom is -0.378 e. The van der Waals surface area contributed by atoms with Crippen LogP contribution in [0.2, 0.25) is 0 Å². The lowest BCUT2D eigenvalue weighted by molar-refractivity contribution is 0.103. The highest BCUT2D eigenvalue weighted by molar-refractivity contribution is 5.46. The van der Waals surface area contributed by atoms with Gasteiger partial charge < -0.3 is 15.4 Å². The van der Waals surface area contributed by atoms with Crippen molar-refractivity contribution in [3.8, 4) is 0 Å². The van der Waals surface area contributed by atoms with Crippen LogP contribution in [0.5, 0.6) is 0 Å². The van der Waals surface area contributed by atoms with E-state index >= 15 is 0 Å². The molecule has 2 rings (SSSR count).